The highest BCUT2D eigenvalue weighted by molar-refractivity contribution is 6.29. The number of nitrogens with zero attached hydrogens (tertiary/aromatic N) is 1. The minimum atomic E-state index is -0.351. The van der Waals surface area contributed by atoms with Crippen LogP contribution in [0.25, 0.3) is 10.9 Å². The van der Waals surface area contributed by atoms with Crippen LogP contribution in [0.3, 0.4) is 0 Å². The molecule has 2 aromatic rings. The van der Waals surface area contributed by atoms with Crippen molar-refractivity contribution in [2.24, 2.45) is 0 Å². The molecule has 0 aliphatic carbocycles. The molecule has 1 aromatic carbocycles. The normalized spacial score (nSPS) is 10.4. The van der Waals surface area contributed by atoms with Crippen LogP contribution in [-0.2, 0) is 4.74 Å². The van der Waals surface area contributed by atoms with Crippen molar-refractivity contribution in [3.05, 3.63) is 40.5 Å². The lowest BCUT2D eigenvalue weighted by Crippen LogP contribution is -2.01. The van der Waals surface area contributed by atoms with E-state index in [0.717, 1.165) is 16.5 Å². The highest BCUT2D eigenvalue weighted by Gasteiger charge is 2.08. The molecule has 0 saturated carbocycles. The number of ether oxygens (including phenoxy) is 1. The van der Waals surface area contributed by atoms with Crippen molar-refractivity contribution in [2.45, 2.75) is 6.92 Å². The zero-order chi connectivity index (χ0) is 11.7. The van der Waals surface area contributed by atoms with Crippen molar-refractivity contribution in [3.63, 3.8) is 0 Å². The lowest BCUT2D eigenvalue weighted by atomic mass is 10.1. The van der Waals surface area contributed by atoms with Gasteiger partial charge in [-0.2, -0.15) is 0 Å². The van der Waals surface area contributed by atoms with Crippen LogP contribution in [0.2, 0.25) is 5.15 Å². The van der Waals surface area contributed by atoms with Crippen molar-refractivity contribution in [3.8, 4) is 0 Å². The molecular formula is C12H10ClNO2. The van der Waals surface area contributed by atoms with E-state index in [0.29, 0.717) is 10.7 Å². The largest absolute Gasteiger partial charge is 0.465 e. The number of esters is 1. The molecule has 2 rings (SSSR count). The number of halogens is 1. The molecule has 3 nitrogen and oxygen atoms in total. The van der Waals surface area contributed by atoms with E-state index >= 15 is 0 Å². The van der Waals surface area contributed by atoms with Crippen molar-refractivity contribution >= 4 is 28.5 Å². The maximum absolute atomic E-state index is 11.4. The Morgan fingerprint density at radius 3 is 2.81 bits per heavy atom. The van der Waals surface area contributed by atoms with E-state index < -0.39 is 0 Å². The Hall–Kier alpha value is -1.61. The summed E-state index contributed by atoms with van der Waals surface area (Å²) in [5.74, 6) is -0.351. The van der Waals surface area contributed by atoms with Crippen LogP contribution in [-0.4, -0.2) is 18.1 Å². The zero-order valence-corrected chi connectivity index (χ0v) is 9.71. The van der Waals surface area contributed by atoms with Gasteiger partial charge < -0.3 is 4.74 Å². The minimum absolute atomic E-state index is 0.351. The first-order valence-electron chi connectivity index (χ1n) is 4.77. The Morgan fingerprint density at radius 2 is 2.12 bits per heavy atom. The molecule has 0 atom stereocenters. The lowest BCUT2D eigenvalue weighted by Gasteiger charge is -2.04. The molecule has 0 aliphatic rings. The number of methoxy groups -OCH3 is 1. The van der Waals surface area contributed by atoms with E-state index in [1.807, 2.05) is 6.92 Å². The van der Waals surface area contributed by atoms with E-state index in [-0.39, 0.29) is 5.97 Å². The fourth-order valence-electron chi connectivity index (χ4n) is 1.60. The van der Waals surface area contributed by atoms with Crippen LogP contribution in [0.5, 0.6) is 0 Å². The lowest BCUT2D eigenvalue weighted by molar-refractivity contribution is 0.0601. The summed E-state index contributed by atoms with van der Waals surface area (Å²) in [6.45, 7) is 1.93. The number of hydrogen-bond donors (Lipinski definition) is 0. The minimum Gasteiger partial charge on any atom is -0.465 e. The molecule has 0 aliphatic heterocycles. The maximum Gasteiger partial charge on any atom is 0.337 e. The number of aromatic nitrogens is 1. The van der Waals surface area contributed by atoms with Crippen LogP contribution >= 0.6 is 11.6 Å². The van der Waals surface area contributed by atoms with Gasteiger partial charge in [-0.1, -0.05) is 11.6 Å². The zero-order valence-electron chi connectivity index (χ0n) is 8.95. The molecule has 82 valence electrons. The number of benzene rings is 1. The van der Waals surface area contributed by atoms with Crippen LogP contribution < -0.4 is 0 Å². The van der Waals surface area contributed by atoms with Crippen LogP contribution in [0, 0.1) is 6.92 Å². The second kappa shape index (κ2) is 4.10. The first-order valence-corrected chi connectivity index (χ1v) is 5.15. The summed E-state index contributed by atoms with van der Waals surface area (Å²) in [4.78, 5) is 15.5. The van der Waals surface area contributed by atoms with Gasteiger partial charge in [0.05, 0.1) is 18.2 Å². The molecule has 0 amide bonds. The Balaban J connectivity index is 2.66. The smallest absolute Gasteiger partial charge is 0.337 e. The Labute approximate surface area is 98.0 Å². The van der Waals surface area contributed by atoms with Crippen molar-refractivity contribution < 1.29 is 9.53 Å². The predicted molar refractivity (Wildman–Crippen MR) is 62.8 cm³/mol. The molecule has 1 heterocycles. The van der Waals surface area contributed by atoms with E-state index in [1.165, 1.54) is 7.11 Å². The SMILES string of the molecule is COC(=O)c1ccc2nc(Cl)cc(C)c2c1. The third-order valence-corrected chi connectivity index (χ3v) is 2.60. The third-order valence-electron chi connectivity index (χ3n) is 2.41. The van der Waals surface area contributed by atoms with Gasteiger partial charge in [-0.25, -0.2) is 9.78 Å². The average Bonchev–Trinajstić information content (AvgIpc) is 2.27. The summed E-state index contributed by atoms with van der Waals surface area (Å²) < 4.78 is 4.66. The van der Waals surface area contributed by atoms with Gasteiger partial charge in [-0.05, 0) is 36.8 Å². The van der Waals surface area contributed by atoms with Gasteiger partial charge >= 0.3 is 5.97 Å². The van der Waals surface area contributed by atoms with Gasteiger partial charge in [-0.3, -0.25) is 0 Å². The fraction of sp³-hybridized carbons (Fsp3) is 0.167. The molecular weight excluding hydrogens is 226 g/mol. The number of aryl methyl sites for hydroxylation is 1. The monoisotopic (exact) mass is 235 g/mol. The maximum atomic E-state index is 11.4. The molecule has 0 radical (unpaired) electrons. The summed E-state index contributed by atoms with van der Waals surface area (Å²) in [5, 5.41) is 1.36. The first-order chi connectivity index (χ1) is 7.61. The molecule has 0 spiro atoms. The molecule has 0 N–H and O–H groups in total. The Kier molecular flexibility index (Phi) is 2.79. The Morgan fingerprint density at radius 1 is 1.38 bits per heavy atom. The number of carbonyl (C=O) groups is 1. The number of rotatable bonds is 1. The number of pyridine rings is 1. The summed E-state index contributed by atoms with van der Waals surface area (Å²) in [7, 11) is 1.36. The number of hydrogen-bond acceptors (Lipinski definition) is 3. The van der Waals surface area contributed by atoms with E-state index in [2.05, 4.69) is 9.72 Å². The van der Waals surface area contributed by atoms with Gasteiger partial charge in [0, 0.05) is 5.39 Å². The summed E-state index contributed by atoms with van der Waals surface area (Å²) in [5.41, 5.74) is 2.28. The van der Waals surface area contributed by atoms with Gasteiger partial charge in [0.1, 0.15) is 5.15 Å². The molecule has 0 saturated heterocycles. The fourth-order valence-corrected chi connectivity index (χ4v) is 1.85. The molecule has 0 fully saturated rings. The molecule has 16 heavy (non-hydrogen) atoms. The molecule has 4 heteroatoms. The summed E-state index contributed by atoms with van der Waals surface area (Å²) in [6.07, 6.45) is 0. The summed E-state index contributed by atoms with van der Waals surface area (Å²) >= 11 is 5.85. The van der Waals surface area contributed by atoms with Crippen molar-refractivity contribution in [1.82, 2.24) is 4.98 Å². The first kappa shape index (κ1) is 10.9. The van der Waals surface area contributed by atoms with Gasteiger partial charge in [0.15, 0.2) is 0 Å². The second-order valence-electron chi connectivity index (χ2n) is 3.49. The van der Waals surface area contributed by atoms with E-state index in [9.17, 15) is 4.79 Å². The van der Waals surface area contributed by atoms with E-state index in [1.54, 1.807) is 24.3 Å². The van der Waals surface area contributed by atoms with Crippen LogP contribution in [0.15, 0.2) is 24.3 Å². The van der Waals surface area contributed by atoms with Crippen molar-refractivity contribution in [2.75, 3.05) is 7.11 Å². The summed E-state index contributed by atoms with van der Waals surface area (Å²) in [6, 6.07) is 6.97. The second-order valence-corrected chi connectivity index (χ2v) is 3.87. The molecule has 1 aromatic heterocycles. The third kappa shape index (κ3) is 1.86. The average molecular weight is 236 g/mol. The highest BCUT2D eigenvalue weighted by Crippen LogP contribution is 2.21. The quantitative estimate of drug-likeness (QED) is 0.564. The molecule has 0 unspecified atom stereocenters. The van der Waals surface area contributed by atoms with Crippen LogP contribution in [0.1, 0.15) is 15.9 Å². The van der Waals surface area contributed by atoms with E-state index in [4.69, 9.17) is 11.6 Å². The predicted octanol–water partition coefficient (Wildman–Crippen LogP) is 2.98. The Bertz CT molecular complexity index is 566. The van der Waals surface area contributed by atoms with Gasteiger partial charge in [0.25, 0.3) is 0 Å². The van der Waals surface area contributed by atoms with Crippen LogP contribution in [0.4, 0.5) is 0 Å². The number of fused-ring (bicyclic) bond motifs is 1. The van der Waals surface area contributed by atoms with Gasteiger partial charge in [0.2, 0.25) is 0 Å². The molecule has 0 bridgehead atoms. The highest BCUT2D eigenvalue weighted by atomic mass is 35.5. The number of carbonyl (C=O) groups excluding carboxylic acids is 1. The topological polar surface area (TPSA) is 39.2 Å². The van der Waals surface area contributed by atoms with Gasteiger partial charge in [-0.15, -0.1) is 0 Å². The van der Waals surface area contributed by atoms with Crippen molar-refractivity contribution in [1.29, 1.82) is 0 Å². The standard InChI is InChI=1S/C12H10ClNO2/c1-7-5-11(13)14-10-4-3-8(6-9(7)10)12(15)16-2/h3-6H,1-2H3.